The summed E-state index contributed by atoms with van der Waals surface area (Å²) in [6.07, 6.45) is 1.29. The second-order valence-electron chi connectivity index (χ2n) is 5.64. The molecule has 1 saturated heterocycles. The molecule has 0 bridgehead atoms. The summed E-state index contributed by atoms with van der Waals surface area (Å²) in [5.74, 6) is -0.772. The zero-order valence-electron chi connectivity index (χ0n) is 13.9. The summed E-state index contributed by atoms with van der Waals surface area (Å²) in [7, 11) is 0. The van der Waals surface area contributed by atoms with Crippen molar-refractivity contribution in [2.75, 3.05) is 26.3 Å². The third-order valence-electron chi connectivity index (χ3n) is 3.83. The first-order valence-electron chi connectivity index (χ1n) is 8.09. The van der Waals surface area contributed by atoms with Gasteiger partial charge < -0.3 is 19.5 Å². The van der Waals surface area contributed by atoms with Crippen molar-refractivity contribution in [2.24, 2.45) is 5.92 Å². The van der Waals surface area contributed by atoms with Gasteiger partial charge in [-0.2, -0.15) is 0 Å². The predicted molar refractivity (Wildman–Crippen MR) is 90.1 cm³/mol. The Balaban J connectivity index is 2.23. The monoisotopic (exact) mass is 355 g/mol. The van der Waals surface area contributed by atoms with Gasteiger partial charge in [0.15, 0.2) is 11.5 Å². The van der Waals surface area contributed by atoms with Crippen LogP contribution in [0.1, 0.15) is 37.0 Å². The van der Waals surface area contributed by atoms with E-state index < -0.39 is 11.9 Å². The van der Waals surface area contributed by atoms with Crippen LogP contribution in [0.2, 0.25) is 5.02 Å². The normalized spacial score (nSPS) is 17.0. The molecule has 1 aliphatic heterocycles. The van der Waals surface area contributed by atoms with E-state index >= 15 is 0 Å². The number of ether oxygens (including phenoxy) is 2. The number of carbonyl (C=O) groups excluding carboxylic acids is 1. The van der Waals surface area contributed by atoms with E-state index in [0.29, 0.717) is 48.3 Å². The van der Waals surface area contributed by atoms with Crippen LogP contribution in [0, 0.1) is 5.92 Å². The molecule has 0 aromatic heterocycles. The Kier molecular flexibility index (Phi) is 6.31. The summed E-state index contributed by atoms with van der Waals surface area (Å²) in [5, 5.41) is 9.38. The molecule has 1 N–H and O–H groups in total. The Hall–Kier alpha value is -1.95. The molecule has 7 heteroatoms. The molecule has 0 unspecified atom stereocenters. The van der Waals surface area contributed by atoms with Crippen molar-refractivity contribution >= 4 is 23.5 Å². The summed E-state index contributed by atoms with van der Waals surface area (Å²) >= 11 is 6.27. The molecule has 0 saturated carbocycles. The Bertz CT molecular complexity index is 619. The molecule has 1 atom stereocenters. The van der Waals surface area contributed by atoms with Crippen molar-refractivity contribution in [2.45, 2.75) is 26.7 Å². The molecule has 132 valence electrons. The number of nitrogens with zero attached hydrogens (tertiary/aromatic N) is 1. The largest absolute Gasteiger partial charge is 0.490 e. The Morgan fingerprint density at radius 1 is 1.33 bits per heavy atom. The predicted octanol–water partition coefficient (Wildman–Crippen LogP) is 3.07. The summed E-state index contributed by atoms with van der Waals surface area (Å²) in [6.45, 7) is 5.37. The van der Waals surface area contributed by atoms with Crippen LogP contribution in [0.4, 0.5) is 0 Å². The molecule has 1 aromatic carbocycles. The quantitative estimate of drug-likeness (QED) is 0.813. The van der Waals surface area contributed by atoms with Crippen LogP contribution in [0.3, 0.4) is 0 Å². The average molecular weight is 356 g/mol. The van der Waals surface area contributed by atoms with Crippen LogP contribution in [-0.4, -0.2) is 48.2 Å². The highest BCUT2D eigenvalue weighted by atomic mass is 35.5. The van der Waals surface area contributed by atoms with E-state index in [2.05, 4.69) is 0 Å². The van der Waals surface area contributed by atoms with E-state index in [1.54, 1.807) is 12.1 Å². The number of hydrogen-bond acceptors (Lipinski definition) is 4. The standard InChI is InChI=1S/C17H22ClNO5/c1-3-7-24-15-13(18)8-12(9-14(15)23-4-2)16(20)19-6-5-11(10-19)17(21)22/h8-9,11H,3-7,10H2,1-2H3,(H,21,22)/t11-/m1/s1. The van der Waals surface area contributed by atoms with Crippen LogP contribution in [0.5, 0.6) is 11.5 Å². The molecule has 0 spiro atoms. The first-order valence-corrected chi connectivity index (χ1v) is 8.46. The van der Waals surface area contributed by atoms with Gasteiger partial charge in [-0.15, -0.1) is 0 Å². The van der Waals surface area contributed by atoms with E-state index in [-0.39, 0.29) is 12.5 Å². The van der Waals surface area contributed by atoms with Crippen molar-refractivity contribution in [3.8, 4) is 11.5 Å². The van der Waals surface area contributed by atoms with E-state index in [1.165, 1.54) is 4.90 Å². The lowest BCUT2D eigenvalue weighted by atomic mass is 10.1. The summed E-state index contributed by atoms with van der Waals surface area (Å²) < 4.78 is 11.2. The maximum absolute atomic E-state index is 12.6. The van der Waals surface area contributed by atoms with Crippen LogP contribution < -0.4 is 9.47 Å². The molecule has 0 aliphatic carbocycles. The smallest absolute Gasteiger partial charge is 0.308 e. The lowest BCUT2D eigenvalue weighted by Crippen LogP contribution is -2.30. The molecule has 0 radical (unpaired) electrons. The third kappa shape index (κ3) is 4.12. The highest BCUT2D eigenvalue weighted by molar-refractivity contribution is 6.32. The molecule has 1 aliphatic rings. The van der Waals surface area contributed by atoms with Crippen molar-refractivity contribution in [3.05, 3.63) is 22.7 Å². The van der Waals surface area contributed by atoms with E-state index in [4.69, 9.17) is 26.2 Å². The van der Waals surface area contributed by atoms with E-state index in [9.17, 15) is 9.59 Å². The lowest BCUT2D eigenvalue weighted by molar-refractivity contribution is -0.141. The molecule has 1 fully saturated rings. The summed E-state index contributed by atoms with van der Waals surface area (Å²) in [4.78, 5) is 25.2. The molecular formula is C17H22ClNO5. The van der Waals surface area contributed by atoms with Crippen LogP contribution >= 0.6 is 11.6 Å². The SMILES string of the molecule is CCCOc1c(Cl)cc(C(=O)N2CC[C@@H](C(=O)O)C2)cc1OCC. The number of benzene rings is 1. The minimum absolute atomic E-state index is 0.212. The van der Waals surface area contributed by atoms with Crippen molar-refractivity contribution in [3.63, 3.8) is 0 Å². The first-order chi connectivity index (χ1) is 11.5. The fourth-order valence-corrected chi connectivity index (χ4v) is 2.89. The van der Waals surface area contributed by atoms with Crippen LogP contribution in [0.15, 0.2) is 12.1 Å². The minimum atomic E-state index is -0.873. The maximum Gasteiger partial charge on any atom is 0.308 e. The molecule has 1 heterocycles. The average Bonchev–Trinajstić information content (AvgIpc) is 3.03. The van der Waals surface area contributed by atoms with Gasteiger partial charge in [-0.05, 0) is 31.9 Å². The zero-order chi connectivity index (χ0) is 17.7. The topological polar surface area (TPSA) is 76.1 Å². The van der Waals surface area contributed by atoms with Crippen molar-refractivity contribution < 1.29 is 24.2 Å². The van der Waals surface area contributed by atoms with Gasteiger partial charge in [0, 0.05) is 18.7 Å². The number of amides is 1. The second-order valence-corrected chi connectivity index (χ2v) is 6.05. The molecule has 6 nitrogen and oxygen atoms in total. The van der Waals surface area contributed by atoms with Gasteiger partial charge in [0.25, 0.3) is 5.91 Å². The van der Waals surface area contributed by atoms with E-state index in [0.717, 1.165) is 6.42 Å². The number of carboxylic acids is 1. The van der Waals surface area contributed by atoms with Gasteiger partial charge >= 0.3 is 5.97 Å². The van der Waals surface area contributed by atoms with Gasteiger partial charge in [0.1, 0.15) is 0 Å². The van der Waals surface area contributed by atoms with Crippen LogP contribution in [0.25, 0.3) is 0 Å². The lowest BCUT2D eigenvalue weighted by Gasteiger charge is -2.18. The summed E-state index contributed by atoms with van der Waals surface area (Å²) in [6, 6.07) is 3.16. The van der Waals surface area contributed by atoms with Gasteiger partial charge in [-0.3, -0.25) is 9.59 Å². The Labute approximate surface area is 146 Å². The van der Waals surface area contributed by atoms with Gasteiger partial charge in [0.2, 0.25) is 0 Å². The van der Waals surface area contributed by atoms with Crippen molar-refractivity contribution in [1.82, 2.24) is 4.90 Å². The maximum atomic E-state index is 12.6. The number of rotatable bonds is 7. The van der Waals surface area contributed by atoms with Gasteiger partial charge in [-0.1, -0.05) is 18.5 Å². The number of hydrogen-bond donors (Lipinski definition) is 1. The fourth-order valence-electron chi connectivity index (χ4n) is 2.63. The zero-order valence-corrected chi connectivity index (χ0v) is 14.6. The highest BCUT2D eigenvalue weighted by Crippen LogP contribution is 2.37. The number of aliphatic carboxylic acids is 1. The number of carboxylic acid groups (broad SMARTS) is 1. The molecule has 1 aromatic rings. The first kappa shape index (κ1) is 18.4. The number of halogens is 1. The second kappa shape index (κ2) is 8.24. The van der Waals surface area contributed by atoms with E-state index in [1.807, 2.05) is 13.8 Å². The van der Waals surface area contributed by atoms with Gasteiger partial charge in [0.05, 0.1) is 24.2 Å². The van der Waals surface area contributed by atoms with Gasteiger partial charge in [-0.25, -0.2) is 0 Å². The number of carbonyl (C=O) groups is 2. The molecule has 24 heavy (non-hydrogen) atoms. The minimum Gasteiger partial charge on any atom is -0.490 e. The molecule has 1 amide bonds. The Morgan fingerprint density at radius 2 is 2.08 bits per heavy atom. The van der Waals surface area contributed by atoms with Crippen LogP contribution in [-0.2, 0) is 4.79 Å². The summed E-state index contributed by atoms with van der Waals surface area (Å²) in [5.41, 5.74) is 0.373. The third-order valence-corrected chi connectivity index (χ3v) is 4.11. The Morgan fingerprint density at radius 3 is 2.67 bits per heavy atom. The molecule has 2 rings (SSSR count). The van der Waals surface area contributed by atoms with Crippen molar-refractivity contribution in [1.29, 1.82) is 0 Å². The fraction of sp³-hybridized carbons (Fsp3) is 0.529. The highest BCUT2D eigenvalue weighted by Gasteiger charge is 2.32. The molecular weight excluding hydrogens is 334 g/mol. The number of likely N-dealkylation sites (tertiary alicyclic amines) is 1.